The van der Waals surface area contributed by atoms with E-state index in [0.29, 0.717) is 17.2 Å². The fourth-order valence-corrected chi connectivity index (χ4v) is 2.33. The molecular weight excluding hydrogens is 200 g/mol. The Bertz CT molecular complexity index is 340. The van der Waals surface area contributed by atoms with Crippen molar-refractivity contribution in [3.8, 4) is 0 Å². The fourth-order valence-electron chi connectivity index (χ4n) is 2.22. The first-order chi connectivity index (χ1) is 6.83. The molecule has 0 unspecified atom stereocenters. The molecule has 4 heteroatoms. The third-order valence-electron chi connectivity index (χ3n) is 2.91. The highest BCUT2D eigenvalue weighted by Gasteiger charge is 2.39. The van der Waals surface area contributed by atoms with Gasteiger partial charge in [-0.25, -0.2) is 4.98 Å². The number of hydrogen-bond acceptors (Lipinski definition) is 3. The first kappa shape index (κ1) is 8.50. The molecule has 2 bridgehead atoms. The number of rotatable bonds is 1. The molecule has 3 nitrogen and oxygen atoms in total. The lowest BCUT2D eigenvalue weighted by molar-refractivity contribution is 0.0989. The van der Waals surface area contributed by atoms with Crippen LogP contribution >= 0.6 is 11.6 Å². The van der Waals surface area contributed by atoms with E-state index in [9.17, 15) is 0 Å². The van der Waals surface area contributed by atoms with E-state index >= 15 is 0 Å². The molecule has 0 aliphatic carbocycles. The maximum atomic E-state index is 5.79. The summed E-state index contributed by atoms with van der Waals surface area (Å²) in [7, 11) is 0. The van der Waals surface area contributed by atoms with Crippen molar-refractivity contribution >= 4 is 17.4 Å². The zero-order chi connectivity index (χ0) is 9.54. The summed E-state index contributed by atoms with van der Waals surface area (Å²) in [6, 6.07) is 4.38. The van der Waals surface area contributed by atoms with Gasteiger partial charge in [0.25, 0.3) is 0 Å². The van der Waals surface area contributed by atoms with Crippen LogP contribution < -0.4 is 4.90 Å². The minimum atomic E-state index is 0.414. The third kappa shape index (κ3) is 1.28. The monoisotopic (exact) mass is 210 g/mol. The van der Waals surface area contributed by atoms with E-state index in [1.165, 1.54) is 0 Å². The number of anilines is 1. The van der Waals surface area contributed by atoms with Crippen LogP contribution in [0.25, 0.3) is 0 Å². The second-order valence-electron chi connectivity index (χ2n) is 3.83. The van der Waals surface area contributed by atoms with Crippen molar-refractivity contribution < 1.29 is 4.74 Å². The van der Waals surface area contributed by atoms with Crippen molar-refractivity contribution in [1.29, 1.82) is 0 Å². The Morgan fingerprint density at radius 3 is 3.00 bits per heavy atom. The van der Waals surface area contributed by atoms with Crippen LogP contribution in [-0.4, -0.2) is 30.3 Å². The van der Waals surface area contributed by atoms with Crippen molar-refractivity contribution in [2.45, 2.75) is 18.6 Å². The molecule has 2 saturated heterocycles. The Kier molecular flexibility index (Phi) is 1.89. The van der Waals surface area contributed by atoms with Gasteiger partial charge in [0.1, 0.15) is 5.82 Å². The first-order valence-corrected chi connectivity index (χ1v) is 5.20. The molecule has 1 aromatic heterocycles. The Balaban J connectivity index is 1.86. The standard InChI is InChI=1S/C10H11ClN2O/c11-7-1-2-10(12-4-7)13-5-9-3-8(13)6-14-9/h1-2,4,8-9H,3,5-6H2/t8-,9-/m1/s1. The Morgan fingerprint density at radius 1 is 1.50 bits per heavy atom. The Hall–Kier alpha value is -0.800. The third-order valence-corrected chi connectivity index (χ3v) is 3.13. The van der Waals surface area contributed by atoms with Gasteiger partial charge >= 0.3 is 0 Å². The number of morpholine rings is 1. The highest BCUT2D eigenvalue weighted by molar-refractivity contribution is 6.30. The number of pyridine rings is 1. The topological polar surface area (TPSA) is 25.4 Å². The Labute approximate surface area is 87.6 Å². The number of aromatic nitrogens is 1. The molecule has 0 amide bonds. The summed E-state index contributed by atoms with van der Waals surface area (Å²) in [5.74, 6) is 1.02. The summed E-state index contributed by atoms with van der Waals surface area (Å²) in [6.07, 6.45) is 3.26. The van der Waals surface area contributed by atoms with Crippen LogP contribution in [0.2, 0.25) is 5.02 Å². The van der Waals surface area contributed by atoms with Gasteiger partial charge in [-0.15, -0.1) is 0 Å². The molecule has 0 N–H and O–H groups in total. The van der Waals surface area contributed by atoms with E-state index in [1.807, 2.05) is 12.1 Å². The van der Waals surface area contributed by atoms with Crippen molar-refractivity contribution in [2.75, 3.05) is 18.1 Å². The average molecular weight is 211 g/mol. The van der Waals surface area contributed by atoms with Gasteiger partial charge in [0, 0.05) is 12.7 Å². The minimum Gasteiger partial charge on any atom is -0.374 e. The van der Waals surface area contributed by atoms with Gasteiger partial charge in [0.05, 0.1) is 23.8 Å². The number of fused-ring (bicyclic) bond motifs is 2. The minimum absolute atomic E-state index is 0.414. The quantitative estimate of drug-likeness (QED) is 0.706. The lowest BCUT2D eigenvalue weighted by atomic mass is 10.2. The molecule has 14 heavy (non-hydrogen) atoms. The molecule has 2 fully saturated rings. The van der Waals surface area contributed by atoms with Crippen LogP contribution in [0, 0.1) is 0 Å². The molecule has 2 atom stereocenters. The van der Waals surface area contributed by atoms with Gasteiger partial charge < -0.3 is 9.64 Å². The number of hydrogen-bond donors (Lipinski definition) is 0. The largest absolute Gasteiger partial charge is 0.374 e. The molecular formula is C10H11ClN2O. The second-order valence-corrected chi connectivity index (χ2v) is 4.27. The second kappa shape index (κ2) is 3.11. The summed E-state index contributed by atoms with van der Waals surface area (Å²) < 4.78 is 5.53. The van der Waals surface area contributed by atoms with E-state index in [-0.39, 0.29) is 0 Å². The summed E-state index contributed by atoms with van der Waals surface area (Å²) in [5.41, 5.74) is 0. The zero-order valence-electron chi connectivity index (χ0n) is 7.69. The molecule has 2 aliphatic heterocycles. The van der Waals surface area contributed by atoms with Crippen molar-refractivity contribution in [1.82, 2.24) is 4.98 Å². The summed E-state index contributed by atoms with van der Waals surface area (Å²) in [6.45, 7) is 1.81. The summed E-state index contributed by atoms with van der Waals surface area (Å²) in [5, 5.41) is 0.689. The van der Waals surface area contributed by atoms with Crippen molar-refractivity contribution in [3.05, 3.63) is 23.4 Å². The SMILES string of the molecule is Clc1ccc(N2C[C@H]3C[C@@H]2CO3)nc1. The van der Waals surface area contributed by atoms with Crippen molar-refractivity contribution in [3.63, 3.8) is 0 Å². The lowest BCUT2D eigenvalue weighted by Gasteiger charge is -2.27. The van der Waals surface area contributed by atoms with Gasteiger partial charge in [0.2, 0.25) is 0 Å². The molecule has 0 spiro atoms. The average Bonchev–Trinajstić information content (AvgIpc) is 2.80. The van der Waals surface area contributed by atoms with Gasteiger partial charge in [-0.2, -0.15) is 0 Å². The first-order valence-electron chi connectivity index (χ1n) is 4.83. The van der Waals surface area contributed by atoms with Crippen LogP contribution in [0.15, 0.2) is 18.3 Å². The zero-order valence-corrected chi connectivity index (χ0v) is 8.44. The smallest absolute Gasteiger partial charge is 0.128 e. The molecule has 3 rings (SSSR count). The maximum absolute atomic E-state index is 5.79. The Morgan fingerprint density at radius 2 is 2.43 bits per heavy atom. The predicted molar refractivity (Wildman–Crippen MR) is 54.7 cm³/mol. The fraction of sp³-hybridized carbons (Fsp3) is 0.500. The highest BCUT2D eigenvalue weighted by atomic mass is 35.5. The molecule has 2 aliphatic rings. The predicted octanol–water partition coefficient (Wildman–Crippen LogP) is 1.71. The lowest BCUT2D eigenvalue weighted by Crippen LogP contribution is -2.37. The van der Waals surface area contributed by atoms with E-state index in [2.05, 4.69) is 9.88 Å². The van der Waals surface area contributed by atoms with E-state index < -0.39 is 0 Å². The summed E-state index contributed by atoms with van der Waals surface area (Å²) >= 11 is 5.79. The molecule has 74 valence electrons. The van der Waals surface area contributed by atoms with E-state index in [4.69, 9.17) is 16.3 Å². The van der Waals surface area contributed by atoms with Crippen LogP contribution in [0.5, 0.6) is 0 Å². The molecule has 3 heterocycles. The molecule has 0 radical (unpaired) electrons. The van der Waals surface area contributed by atoms with Crippen LogP contribution in [0.4, 0.5) is 5.82 Å². The molecule has 0 aromatic carbocycles. The van der Waals surface area contributed by atoms with Gasteiger partial charge in [0.15, 0.2) is 0 Å². The van der Waals surface area contributed by atoms with Gasteiger partial charge in [-0.05, 0) is 18.6 Å². The van der Waals surface area contributed by atoms with Gasteiger partial charge in [-0.1, -0.05) is 11.6 Å². The maximum Gasteiger partial charge on any atom is 0.128 e. The number of ether oxygens (including phenoxy) is 1. The van der Waals surface area contributed by atoms with Crippen LogP contribution in [0.3, 0.4) is 0 Å². The van der Waals surface area contributed by atoms with E-state index in [0.717, 1.165) is 25.4 Å². The summed E-state index contributed by atoms with van der Waals surface area (Å²) in [4.78, 5) is 6.63. The van der Waals surface area contributed by atoms with Crippen LogP contribution in [-0.2, 0) is 4.74 Å². The molecule has 1 aromatic rings. The number of nitrogens with zero attached hydrogens (tertiary/aromatic N) is 2. The number of halogens is 1. The highest BCUT2D eigenvalue weighted by Crippen LogP contribution is 2.31. The van der Waals surface area contributed by atoms with Crippen LogP contribution in [0.1, 0.15) is 6.42 Å². The normalized spacial score (nSPS) is 29.9. The van der Waals surface area contributed by atoms with Gasteiger partial charge in [-0.3, -0.25) is 0 Å². The molecule has 0 saturated carbocycles. The van der Waals surface area contributed by atoms with Crippen molar-refractivity contribution in [2.24, 2.45) is 0 Å². The van der Waals surface area contributed by atoms with E-state index in [1.54, 1.807) is 6.20 Å².